The molecule has 0 aliphatic carbocycles. The molecule has 0 saturated heterocycles. The number of anilines is 1. The Bertz CT molecular complexity index is 942. The maximum atomic E-state index is 13.7. The summed E-state index contributed by atoms with van der Waals surface area (Å²) in [6.45, 7) is 6.05. The predicted molar refractivity (Wildman–Crippen MR) is 106 cm³/mol. The number of carbonyl (C=O) groups is 1. The second-order valence-electron chi connectivity index (χ2n) is 5.80. The number of para-hydroxylation sites is 1. The van der Waals surface area contributed by atoms with Gasteiger partial charge in [0.25, 0.3) is 0 Å². The smallest absolute Gasteiger partial charge is 0.237 e. The Hall–Kier alpha value is -2.93. The Kier molecular flexibility index (Phi) is 6.03. The minimum absolute atomic E-state index is 0.160. The Balaban J connectivity index is 1.78. The Labute approximate surface area is 161 Å². The summed E-state index contributed by atoms with van der Waals surface area (Å²) in [5.74, 6) is -0.0662. The van der Waals surface area contributed by atoms with E-state index in [9.17, 15) is 9.18 Å². The molecule has 5 nitrogen and oxygen atoms in total. The second-order valence-corrected chi connectivity index (χ2v) is 7.11. The lowest BCUT2D eigenvalue weighted by Gasteiger charge is -2.13. The number of amides is 1. The van der Waals surface area contributed by atoms with E-state index in [0.717, 1.165) is 5.56 Å². The first-order valence-corrected chi connectivity index (χ1v) is 9.29. The van der Waals surface area contributed by atoms with Crippen LogP contribution in [0, 0.1) is 5.82 Å². The molecule has 27 heavy (non-hydrogen) atoms. The molecule has 138 valence electrons. The number of allylic oxidation sites excluding steroid dienone is 1. The van der Waals surface area contributed by atoms with Gasteiger partial charge < -0.3 is 5.32 Å². The van der Waals surface area contributed by atoms with Crippen LogP contribution in [0.25, 0.3) is 11.4 Å². The van der Waals surface area contributed by atoms with Crippen LogP contribution in [0.15, 0.2) is 72.4 Å². The molecule has 3 rings (SSSR count). The van der Waals surface area contributed by atoms with Crippen molar-refractivity contribution in [2.24, 2.45) is 0 Å². The fraction of sp³-hybridized carbons (Fsp3) is 0.150. The summed E-state index contributed by atoms with van der Waals surface area (Å²) >= 11 is 1.27. The van der Waals surface area contributed by atoms with E-state index in [4.69, 9.17) is 0 Å². The zero-order chi connectivity index (χ0) is 19.2. The molecule has 0 fully saturated rings. The molecule has 1 heterocycles. The van der Waals surface area contributed by atoms with Gasteiger partial charge in [0.1, 0.15) is 5.82 Å². The highest BCUT2D eigenvalue weighted by Gasteiger charge is 2.21. The molecule has 1 amide bonds. The van der Waals surface area contributed by atoms with Crippen molar-refractivity contribution < 1.29 is 9.18 Å². The summed E-state index contributed by atoms with van der Waals surface area (Å²) in [7, 11) is 0. The third-order valence-corrected chi connectivity index (χ3v) is 4.92. The lowest BCUT2D eigenvalue weighted by Crippen LogP contribution is -2.23. The van der Waals surface area contributed by atoms with Crippen LogP contribution in [0.4, 0.5) is 10.1 Å². The van der Waals surface area contributed by atoms with E-state index in [2.05, 4.69) is 22.1 Å². The zero-order valence-corrected chi connectivity index (χ0v) is 15.6. The number of halogens is 1. The van der Waals surface area contributed by atoms with Gasteiger partial charge in [0.2, 0.25) is 5.91 Å². The number of nitrogens with one attached hydrogen (secondary N) is 1. The molecule has 0 saturated carbocycles. The molecule has 1 unspecified atom stereocenters. The summed E-state index contributed by atoms with van der Waals surface area (Å²) in [5.41, 5.74) is 1.09. The Morgan fingerprint density at radius 1 is 1.22 bits per heavy atom. The van der Waals surface area contributed by atoms with Gasteiger partial charge >= 0.3 is 0 Å². The summed E-state index contributed by atoms with van der Waals surface area (Å²) < 4.78 is 15.6. The minimum atomic E-state index is -0.485. The molecule has 7 heteroatoms. The van der Waals surface area contributed by atoms with Gasteiger partial charge in [0, 0.05) is 12.1 Å². The third-order valence-electron chi connectivity index (χ3n) is 3.84. The molecule has 1 N–H and O–H groups in total. The quantitative estimate of drug-likeness (QED) is 0.486. The Morgan fingerprint density at radius 2 is 1.93 bits per heavy atom. The van der Waals surface area contributed by atoms with Gasteiger partial charge in [-0.1, -0.05) is 60.3 Å². The molecule has 0 radical (unpaired) electrons. The maximum absolute atomic E-state index is 13.7. The van der Waals surface area contributed by atoms with Crippen molar-refractivity contribution in [3.63, 3.8) is 0 Å². The van der Waals surface area contributed by atoms with E-state index in [-0.39, 0.29) is 11.6 Å². The number of hydrogen-bond donors (Lipinski definition) is 1. The van der Waals surface area contributed by atoms with Gasteiger partial charge in [0.05, 0.1) is 10.9 Å². The first-order chi connectivity index (χ1) is 13.1. The minimum Gasteiger partial charge on any atom is -0.323 e. The van der Waals surface area contributed by atoms with E-state index in [1.54, 1.807) is 25.1 Å². The lowest BCUT2D eigenvalue weighted by atomic mass is 10.2. The van der Waals surface area contributed by atoms with Crippen LogP contribution in [0.2, 0.25) is 0 Å². The van der Waals surface area contributed by atoms with Crippen LogP contribution in [0.3, 0.4) is 0 Å². The molecule has 3 aromatic rings. The van der Waals surface area contributed by atoms with Crippen LogP contribution in [0.1, 0.15) is 6.92 Å². The van der Waals surface area contributed by atoms with E-state index in [0.29, 0.717) is 17.5 Å². The van der Waals surface area contributed by atoms with Gasteiger partial charge in [-0.05, 0) is 19.1 Å². The second kappa shape index (κ2) is 8.64. The highest BCUT2D eigenvalue weighted by atomic mass is 32.2. The molecule has 1 aromatic heterocycles. The highest BCUT2D eigenvalue weighted by molar-refractivity contribution is 8.00. The number of thioether (sulfide) groups is 1. The van der Waals surface area contributed by atoms with E-state index in [1.165, 1.54) is 23.9 Å². The molecule has 1 atom stereocenters. The van der Waals surface area contributed by atoms with Crippen molar-refractivity contribution in [2.45, 2.75) is 23.9 Å². The van der Waals surface area contributed by atoms with Gasteiger partial charge in [-0.25, -0.2) is 4.39 Å². The molecule has 0 spiro atoms. The first kappa shape index (κ1) is 18.8. The molecular formula is C20H19FN4OS. The van der Waals surface area contributed by atoms with Crippen molar-refractivity contribution in [1.82, 2.24) is 14.8 Å². The van der Waals surface area contributed by atoms with Crippen molar-refractivity contribution in [3.05, 3.63) is 73.1 Å². The average molecular weight is 382 g/mol. The van der Waals surface area contributed by atoms with Crippen molar-refractivity contribution in [3.8, 4) is 11.4 Å². The summed E-state index contributed by atoms with van der Waals surface area (Å²) in [6.07, 6.45) is 1.75. The number of benzene rings is 2. The number of aromatic nitrogens is 3. The van der Waals surface area contributed by atoms with E-state index >= 15 is 0 Å². The fourth-order valence-electron chi connectivity index (χ4n) is 2.48. The monoisotopic (exact) mass is 382 g/mol. The number of hydrogen-bond acceptors (Lipinski definition) is 4. The number of nitrogens with zero attached hydrogens (tertiary/aromatic N) is 3. The largest absolute Gasteiger partial charge is 0.323 e. The normalized spacial score (nSPS) is 11.8. The first-order valence-electron chi connectivity index (χ1n) is 8.41. The molecule has 0 aliphatic heterocycles. The van der Waals surface area contributed by atoms with Gasteiger partial charge in [-0.15, -0.1) is 16.8 Å². The zero-order valence-electron chi connectivity index (χ0n) is 14.8. The van der Waals surface area contributed by atoms with Gasteiger partial charge in [0.15, 0.2) is 11.0 Å². The highest BCUT2D eigenvalue weighted by Crippen LogP contribution is 2.27. The van der Waals surface area contributed by atoms with Crippen molar-refractivity contribution >= 4 is 23.4 Å². The molecule has 2 aromatic carbocycles. The van der Waals surface area contributed by atoms with Crippen LogP contribution in [-0.4, -0.2) is 25.9 Å². The molecule has 0 aliphatic rings. The number of carbonyl (C=O) groups excluding carboxylic acids is 1. The van der Waals surface area contributed by atoms with E-state index in [1.807, 2.05) is 34.9 Å². The summed E-state index contributed by atoms with van der Waals surface area (Å²) in [5, 5.41) is 11.2. The van der Waals surface area contributed by atoms with Crippen LogP contribution in [-0.2, 0) is 11.3 Å². The van der Waals surface area contributed by atoms with Crippen LogP contribution in [0.5, 0.6) is 0 Å². The third kappa shape index (κ3) is 4.43. The van der Waals surface area contributed by atoms with Gasteiger partial charge in [-0.3, -0.25) is 9.36 Å². The molecule has 0 bridgehead atoms. The SMILES string of the molecule is C=CCn1c(SC(C)C(=O)Nc2ccccc2F)nnc1-c1ccccc1. The summed E-state index contributed by atoms with van der Waals surface area (Å²) in [4.78, 5) is 12.4. The van der Waals surface area contributed by atoms with Crippen molar-refractivity contribution in [2.75, 3.05) is 5.32 Å². The van der Waals surface area contributed by atoms with E-state index < -0.39 is 11.1 Å². The van der Waals surface area contributed by atoms with Crippen LogP contribution < -0.4 is 5.32 Å². The van der Waals surface area contributed by atoms with Crippen LogP contribution >= 0.6 is 11.8 Å². The number of rotatable bonds is 7. The lowest BCUT2D eigenvalue weighted by molar-refractivity contribution is -0.115. The standard InChI is InChI=1S/C20H19FN4OS/c1-3-13-25-18(15-9-5-4-6-10-15)23-24-20(25)27-14(2)19(26)22-17-12-8-7-11-16(17)21/h3-12,14H,1,13H2,2H3,(H,22,26). The fourth-order valence-corrected chi connectivity index (χ4v) is 3.34. The topological polar surface area (TPSA) is 59.8 Å². The summed E-state index contributed by atoms with van der Waals surface area (Å²) in [6, 6.07) is 15.8. The van der Waals surface area contributed by atoms with Crippen molar-refractivity contribution in [1.29, 1.82) is 0 Å². The van der Waals surface area contributed by atoms with Gasteiger partial charge in [-0.2, -0.15) is 0 Å². The average Bonchev–Trinajstić information content (AvgIpc) is 3.07. The predicted octanol–water partition coefficient (Wildman–Crippen LogP) is 4.39. The Morgan fingerprint density at radius 3 is 2.63 bits per heavy atom. The molecular weight excluding hydrogens is 363 g/mol. The maximum Gasteiger partial charge on any atom is 0.237 e.